The van der Waals surface area contributed by atoms with Crippen molar-refractivity contribution in [3.05, 3.63) is 41.4 Å². The Morgan fingerprint density at radius 3 is 2.92 bits per heavy atom. The number of rotatable bonds is 1. The van der Waals surface area contributed by atoms with Crippen LogP contribution in [0.25, 0.3) is 5.69 Å². The van der Waals surface area contributed by atoms with E-state index in [1.54, 1.807) is 17.1 Å². The summed E-state index contributed by atoms with van der Waals surface area (Å²) in [6.07, 6.45) is 5.28. The highest BCUT2D eigenvalue weighted by Gasteiger charge is 2.04. The lowest BCUT2D eigenvalue weighted by Crippen LogP contribution is -1.97. The van der Waals surface area contributed by atoms with Crippen molar-refractivity contribution in [1.82, 2.24) is 14.8 Å². The van der Waals surface area contributed by atoms with Gasteiger partial charge in [-0.2, -0.15) is 5.10 Å². The molecule has 0 radical (unpaired) electrons. The molecule has 0 atom stereocenters. The van der Waals surface area contributed by atoms with Crippen LogP contribution in [0, 0.1) is 6.92 Å². The van der Waals surface area contributed by atoms with Crippen molar-refractivity contribution >= 4 is 11.6 Å². The number of nitrogens with zero attached hydrogens (tertiary/aromatic N) is 3. The van der Waals surface area contributed by atoms with Crippen molar-refractivity contribution in [2.75, 3.05) is 0 Å². The third kappa shape index (κ3) is 1.42. The molecule has 0 fully saturated rings. The van der Waals surface area contributed by atoms with Gasteiger partial charge in [0, 0.05) is 18.6 Å². The van der Waals surface area contributed by atoms with Gasteiger partial charge in [-0.05, 0) is 19.1 Å². The fraction of sp³-hybridized carbons (Fsp3) is 0.111. The number of aromatic nitrogens is 3. The summed E-state index contributed by atoms with van der Waals surface area (Å²) in [5.41, 5.74) is 1.67. The highest BCUT2D eigenvalue weighted by Crippen LogP contribution is 2.21. The monoisotopic (exact) mass is 193 g/mol. The average molecular weight is 194 g/mol. The molecule has 66 valence electrons. The number of pyridine rings is 1. The maximum absolute atomic E-state index is 6.06. The summed E-state index contributed by atoms with van der Waals surface area (Å²) >= 11 is 6.06. The quantitative estimate of drug-likeness (QED) is 0.696. The molecular formula is C9H8ClN3. The number of hydrogen-bond donors (Lipinski definition) is 0. The predicted molar refractivity (Wildman–Crippen MR) is 51.1 cm³/mol. The molecule has 3 nitrogen and oxygen atoms in total. The molecular weight excluding hydrogens is 186 g/mol. The first-order chi connectivity index (χ1) is 6.29. The Kier molecular flexibility index (Phi) is 2.02. The zero-order valence-electron chi connectivity index (χ0n) is 7.11. The zero-order chi connectivity index (χ0) is 9.26. The molecule has 0 saturated carbocycles. The van der Waals surface area contributed by atoms with Gasteiger partial charge in [-0.15, -0.1) is 0 Å². The van der Waals surface area contributed by atoms with E-state index in [1.807, 2.05) is 25.3 Å². The minimum Gasteiger partial charge on any atom is -0.260 e. The maximum atomic E-state index is 6.06. The average Bonchev–Trinajstić information content (AvgIpc) is 2.62. The maximum Gasteiger partial charge on any atom is 0.0875 e. The molecule has 2 aromatic heterocycles. The molecule has 4 heteroatoms. The number of aryl methyl sites for hydroxylation is 1. The van der Waals surface area contributed by atoms with Crippen LogP contribution in [0.15, 0.2) is 30.7 Å². The molecule has 0 spiro atoms. The van der Waals surface area contributed by atoms with E-state index in [-0.39, 0.29) is 0 Å². The van der Waals surface area contributed by atoms with E-state index < -0.39 is 0 Å². The normalized spacial score (nSPS) is 10.3. The van der Waals surface area contributed by atoms with E-state index in [4.69, 9.17) is 11.6 Å². The van der Waals surface area contributed by atoms with E-state index in [1.165, 1.54) is 0 Å². The topological polar surface area (TPSA) is 30.7 Å². The SMILES string of the molecule is Cc1nccc(-n2cccn2)c1Cl. The second-order valence-electron chi connectivity index (χ2n) is 2.68. The minimum absolute atomic E-state index is 0.645. The lowest BCUT2D eigenvalue weighted by atomic mass is 10.3. The van der Waals surface area contributed by atoms with Crippen LogP contribution in [0.5, 0.6) is 0 Å². The Morgan fingerprint density at radius 2 is 2.23 bits per heavy atom. The lowest BCUT2D eigenvalue weighted by Gasteiger charge is -2.04. The van der Waals surface area contributed by atoms with E-state index >= 15 is 0 Å². The molecule has 0 bridgehead atoms. The van der Waals surface area contributed by atoms with E-state index in [0.717, 1.165) is 11.4 Å². The Bertz CT molecular complexity index is 409. The molecule has 0 aliphatic heterocycles. The molecule has 2 aromatic rings. The van der Waals surface area contributed by atoms with Crippen LogP contribution in [0.1, 0.15) is 5.69 Å². The largest absolute Gasteiger partial charge is 0.260 e. The first-order valence-electron chi connectivity index (χ1n) is 3.90. The Labute approximate surface area is 81.0 Å². The number of halogens is 1. The first kappa shape index (κ1) is 8.26. The van der Waals surface area contributed by atoms with Crippen LogP contribution in [-0.2, 0) is 0 Å². The lowest BCUT2D eigenvalue weighted by molar-refractivity contribution is 0.875. The Morgan fingerprint density at radius 1 is 1.38 bits per heavy atom. The van der Waals surface area contributed by atoms with Gasteiger partial charge < -0.3 is 0 Å². The molecule has 2 heterocycles. The van der Waals surface area contributed by atoms with Crippen molar-refractivity contribution in [2.45, 2.75) is 6.92 Å². The van der Waals surface area contributed by atoms with Gasteiger partial charge in [0.25, 0.3) is 0 Å². The molecule has 2 rings (SSSR count). The van der Waals surface area contributed by atoms with E-state index in [2.05, 4.69) is 10.1 Å². The second-order valence-corrected chi connectivity index (χ2v) is 3.06. The molecule has 0 saturated heterocycles. The summed E-state index contributed by atoms with van der Waals surface area (Å²) < 4.78 is 1.72. The van der Waals surface area contributed by atoms with Crippen molar-refractivity contribution in [2.24, 2.45) is 0 Å². The summed E-state index contributed by atoms with van der Waals surface area (Å²) in [6.45, 7) is 1.87. The van der Waals surface area contributed by atoms with Gasteiger partial charge in [-0.25, -0.2) is 4.68 Å². The van der Waals surface area contributed by atoms with Gasteiger partial charge in [0.2, 0.25) is 0 Å². The van der Waals surface area contributed by atoms with Crippen LogP contribution in [0.2, 0.25) is 5.02 Å². The third-order valence-electron chi connectivity index (χ3n) is 1.79. The fourth-order valence-electron chi connectivity index (χ4n) is 1.12. The van der Waals surface area contributed by atoms with Gasteiger partial charge >= 0.3 is 0 Å². The molecule has 0 aliphatic carbocycles. The van der Waals surface area contributed by atoms with E-state index in [0.29, 0.717) is 5.02 Å². The van der Waals surface area contributed by atoms with Gasteiger partial charge in [-0.1, -0.05) is 11.6 Å². The van der Waals surface area contributed by atoms with Gasteiger partial charge in [0.15, 0.2) is 0 Å². The second kappa shape index (κ2) is 3.18. The Balaban J connectivity index is 2.59. The summed E-state index contributed by atoms with van der Waals surface area (Å²) in [6, 6.07) is 3.69. The Hall–Kier alpha value is -1.35. The van der Waals surface area contributed by atoms with Crippen LogP contribution in [-0.4, -0.2) is 14.8 Å². The summed E-state index contributed by atoms with van der Waals surface area (Å²) in [4.78, 5) is 4.08. The summed E-state index contributed by atoms with van der Waals surface area (Å²) in [7, 11) is 0. The highest BCUT2D eigenvalue weighted by molar-refractivity contribution is 6.32. The molecule has 0 N–H and O–H groups in total. The summed E-state index contributed by atoms with van der Waals surface area (Å²) in [5, 5.41) is 4.74. The van der Waals surface area contributed by atoms with E-state index in [9.17, 15) is 0 Å². The molecule has 13 heavy (non-hydrogen) atoms. The van der Waals surface area contributed by atoms with Crippen molar-refractivity contribution in [1.29, 1.82) is 0 Å². The van der Waals surface area contributed by atoms with Crippen LogP contribution in [0.4, 0.5) is 0 Å². The zero-order valence-corrected chi connectivity index (χ0v) is 7.86. The highest BCUT2D eigenvalue weighted by atomic mass is 35.5. The first-order valence-corrected chi connectivity index (χ1v) is 4.28. The molecule has 0 amide bonds. The molecule has 0 aromatic carbocycles. The van der Waals surface area contributed by atoms with Gasteiger partial charge in [0.1, 0.15) is 0 Å². The fourth-order valence-corrected chi connectivity index (χ4v) is 1.32. The standard InChI is InChI=1S/C9H8ClN3/c1-7-9(10)8(3-5-11-7)13-6-2-4-12-13/h2-6H,1H3. The smallest absolute Gasteiger partial charge is 0.0875 e. The van der Waals surface area contributed by atoms with Gasteiger partial charge in [-0.3, -0.25) is 4.98 Å². The molecule has 0 aliphatic rings. The third-order valence-corrected chi connectivity index (χ3v) is 2.26. The predicted octanol–water partition coefficient (Wildman–Crippen LogP) is 2.23. The minimum atomic E-state index is 0.645. The van der Waals surface area contributed by atoms with Crippen LogP contribution < -0.4 is 0 Å². The van der Waals surface area contributed by atoms with Gasteiger partial charge in [0.05, 0.1) is 16.4 Å². The van der Waals surface area contributed by atoms with Crippen LogP contribution >= 0.6 is 11.6 Å². The van der Waals surface area contributed by atoms with Crippen molar-refractivity contribution in [3.8, 4) is 5.69 Å². The molecule has 0 unspecified atom stereocenters. The number of hydrogen-bond acceptors (Lipinski definition) is 2. The van der Waals surface area contributed by atoms with Crippen molar-refractivity contribution < 1.29 is 0 Å². The van der Waals surface area contributed by atoms with Crippen LogP contribution in [0.3, 0.4) is 0 Å². The van der Waals surface area contributed by atoms with Crippen molar-refractivity contribution in [3.63, 3.8) is 0 Å². The summed E-state index contributed by atoms with van der Waals surface area (Å²) in [5.74, 6) is 0.